The molecule has 0 aromatic heterocycles. The van der Waals surface area contributed by atoms with E-state index in [1.807, 2.05) is 0 Å². The average Bonchev–Trinajstić information content (AvgIpc) is 2.80. The summed E-state index contributed by atoms with van der Waals surface area (Å²) < 4.78 is 0. The molecule has 2 nitrogen and oxygen atoms in total. The highest BCUT2D eigenvalue weighted by Crippen LogP contribution is 2.12. The van der Waals surface area contributed by atoms with Gasteiger partial charge in [0.1, 0.15) is 0 Å². The maximum Gasteiger partial charge on any atom is 0.00443 e. The third kappa shape index (κ3) is 27.4. The van der Waals surface area contributed by atoms with Crippen LogP contribution in [-0.4, -0.2) is 18.2 Å². The number of nitrogens with zero attached hydrogens (tertiary/aromatic N) is 1. The quantitative estimate of drug-likeness (QED) is 0.0747. The van der Waals surface area contributed by atoms with Crippen LogP contribution < -0.4 is 0 Å². The van der Waals surface area contributed by atoms with Crippen molar-refractivity contribution >= 4 is 0 Å². The molecule has 2 heteroatoms. The summed E-state index contributed by atoms with van der Waals surface area (Å²) in [6, 6.07) is 0. The smallest absolute Gasteiger partial charge is 0.00443 e. The van der Waals surface area contributed by atoms with Crippen LogP contribution in [0.2, 0.25) is 0 Å². The number of hydrogen-bond donors (Lipinski definition) is 0. The van der Waals surface area contributed by atoms with E-state index in [0.717, 1.165) is 17.9 Å². The molecule has 0 aliphatic carbocycles. The van der Waals surface area contributed by atoms with Gasteiger partial charge in [-0.15, -0.1) is 0 Å². The molecule has 0 amide bonds. The largest absolute Gasteiger partial charge is 0.785 e. The number of allylic oxidation sites excluding steroid dienone is 2. The summed E-state index contributed by atoms with van der Waals surface area (Å²) >= 11 is 0. The van der Waals surface area contributed by atoms with Gasteiger partial charge in [0.2, 0.25) is 0 Å². The third-order valence-corrected chi connectivity index (χ3v) is 6.40. The van der Waals surface area contributed by atoms with Crippen molar-refractivity contribution in [2.24, 2.45) is 0 Å². The van der Waals surface area contributed by atoms with Gasteiger partial charge in [-0.05, 0) is 25.7 Å². The molecule has 0 saturated heterocycles. The minimum atomic E-state index is 0.528. The molecule has 0 aromatic carbocycles. The molecule has 0 rings (SSSR count). The Labute approximate surface area is 202 Å². The molecule has 0 fully saturated rings. The lowest BCUT2D eigenvalue weighted by atomic mass is 10.1. The van der Waals surface area contributed by atoms with Crippen LogP contribution in [0.25, 0.3) is 0 Å². The monoisotopic (exact) mass is 448 g/mol. The van der Waals surface area contributed by atoms with E-state index in [4.69, 9.17) is 0 Å². The Kier molecular flexibility index (Phi) is 27.9. The molecule has 0 aromatic rings. The first-order chi connectivity index (χ1) is 15.8. The molecule has 190 valence electrons. The zero-order valence-corrected chi connectivity index (χ0v) is 22.1. The molecule has 0 saturated carbocycles. The second-order valence-corrected chi connectivity index (χ2v) is 9.73. The van der Waals surface area contributed by atoms with Gasteiger partial charge in [-0.1, -0.05) is 154 Å². The maximum absolute atomic E-state index is 11.9. The predicted octanol–water partition coefficient (Wildman–Crippen LogP) is 10.5. The zero-order chi connectivity index (χ0) is 23.4. The number of hydrogen-bond acceptors (Lipinski definition) is 2. The molecular weight excluding hydrogens is 390 g/mol. The van der Waals surface area contributed by atoms with Crippen LogP contribution in [0, 0.1) is 5.21 Å². The lowest BCUT2D eigenvalue weighted by Gasteiger charge is -2.24. The molecule has 0 atom stereocenters. The fourth-order valence-electron chi connectivity index (χ4n) is 4.19. The molecule has 0 heterocycles. The van der Waals surface area contributed by atoms with Crippen molar-refractivity contribution in [2.75, 3.05) is 13.1 Å². The highest BCUT2D eigenvalue weighted by atomic mass is 16.5. The summed E-state index contributed by atoms with van der Waals surface area (Å²) in [4.78, 5) is 0. The molecule has 0 aliphatic heterocycles. The van der Waals surface area contributed by atoms with E-state index in [1.54, 1.807) is 0 Å². The second-order valence-electron chi connectivity index (χ2n) is 9.73. The van der Waals surface area contributed by atoms with Gasteiger partial charge in [0.05, 0.1) is 0 Å². The molecule has 0 unspecified atom stereocenters. The van der Waals surface area contributed by atoms with Crippen LogP contribution in [0.5, 0.6) is 0 Å². The molecule has 32 heavy (non-hydrogen) atoms. The summed E-state index contributed by atoms with van der Waals surface area (Å²) in [7, 11) is 0. The summed E-state index contributed by atoms with van der Waals surface area (Å²) in [6.45, 7) is 5.61. The van der Waals surface area contributed by atoms with Gasteiger partial charge in [0.25, 0.3) is 0 Å². The Morgan fingerprint density at radius 2 is 0.688 bits per heavy atom. The Morgan fingerprint density at radius 1 is 0.406 bits per heavy atom. The van der Waals surface area contributed by atoms with E-state index < -0.39 is 0 Å². The first-order valence-electron chi connectivity index (χ1n) is 14.5. The molecule has 0 bridgehead atoms. The van der Waals surface area contributed by atoms with Gasteiger partial charge in [-0.2, -0.15) is 0 Å². The van der Waals surface area contributed by atoms with Crippen molar-refractivity contribution in [3.05, 3.63) is 29.5 Å². The van der Waals surface area contributed by atoms with E-state index in [9.17, 15) is 5.21 Å². The average molecular weight is 449 g/mol. The van der Waals surface area contributed by atoms with Gasteiger partial charge in [-0.3, -0.25) is 0 Å². The SMILES string of the molecule is CCCCCCCCCCCCC=CCN([O-])CC=CCCCCCCCCCCCC. The minimum Gasteiger partial charge on any atom is -0.785 e. The predicted molar refractivity (Wildman–Crippen MR) is 146 cm³/mol. The highest BCUT2D eigenvalue weighted by molar-refractivity contribution is 4.90. The normalized spacial score (nSPS) is 12.1. The van der Waals surface area contributed by atoms with Crippen LogP contribution in [0.15, 0.2) is 24.3 Å². The van der Waals surface area contributed by atoms with Crippen LogP contribution in [0.3, 0.4) is 0 Å². The third-order valence-electron chi connectivity index (χ3n) is 6.40. The van der Waals surface area contributed by atoms with Crippen LogP contribution in [0.4, 0.5) is 0 Å². The number of unbranched alkanes of at least 4 members (excludes halogenated alkanes) is 20. The van der Waals surface area contributed by atoms with E-state index in [-0.39, 0.29) is 0 Å². The topological polar surface area (TPSA) is 26.3 Å². The Balaban J connectivity index is 3.30. The van der Waals surface area contributed by atoms with Crippen molar-refractivity contribution in [2.45, 2.75) is 155 Å². The van der Waals surface area contributed by atoms with Crippen molar-refractivity contribution in [3.8, 4) is 0 Å². The lowest BCUT2D eigenvalue weighted by molar-refractivity contribution is 0.463. The van der Waals surface area contributed by atoms with E-state index in [0.29, 0.717) is 13.1 Å². The van der Waals surface area contributed by atoms with Gasteiger partial charge < -0.3 is 10.3 Å². The minimum absolute atomic E-state index is 0.528. The van der Waals surface area contributed by atoms with Crippen molar-refractivity contribution in [3.63, 3.8) is 0 Å². The van der Waals surface area contributed by atoms with Crippen LogP contribution in [-0.2, 0) is 0 Å². The Morgan fingerprint density at radius 3 is 1.00 bits per heavy atom. The standard InChI is InChI=1S/C30H58NO/c1-3-5-7-9-11-13-15-17-19-21-23-25-27-29-31(32)30-28-26-24-22-20-18-16-14-12-10-8-6-4-2/h25-28H,3-24,29-30H2,1-2H3/q-1. The Bertz CT molecular complexity index is 354. The van der Waals surface area contributed by atoms with E-state index in [2.05, 4.69) is 38.2 Å². The van der Waals surface area contributed by atoms with Gasteiger partial charge in [-0.25, -0.2) is 0 Å². The molecular formula is C30H58NO-. The van der Waals surface area contributed by atoms with E-state index in [1.165, 1.54) is 128 Å². The van der Waals surface area contributed by atoms with Crippen LogP contribution >= 0.6 is 0 Å². The fraction of sp³-hybridized carbons (Fsp3) is 0.867. The maximum atomic E-state index is 11.9. The summed E-state index contributed by atoms with van der Waals surface area (Å²) in [6.07, 6.45) is 38.4. The Hall–Kier alpha value is -0.600. The molecule has 0 aliphatic rings. The van der Waals surface area contributed by atoms with E-state index >= 15 is 0 Å². The lowest BCUT2D eigenvalue weighted by Crippen LogP contribution is -2.15. The second kappa shape index (κ2) is 28.4. The van der Waals surface area contributed by atoms with Gasteiger partial charge in [0.15, 0.2) is 0 Å². The molecule has 0 radical (unpaired) electrons. The highest BCUT2D eigenvalue weighted by Gasteiger charge is 1.93. The summed E-state index contributed by atoms with van der Waals surface area (Å²) in [5, 5.41) is 13.0. The number of rotatable bonds is 26. The summed E-state index contributed by atoms with van der Waals surface area (Å²) in [5.41, 5.74) is 0. The van der Waals surface area contributed by atoms with Gasteiger partial charge >= 0.3 is 0 Å². The molecule has 0 spiro atoms. The van der Waals surface area contributed by atoms with Crippen molar-refractivity contribution in [1.29, 1.82) is 0 Å². The summed E-state index contributed by atoms with van der Waals surface area (Å²) in [5.74, 6) is 0. The first kappa shape index (κ1) is 31.4. The zero-order valence-electron chi connectivity index (χ0n) is 22.1. The van der Waals surface area contributed by atoms with Crippen LogP contribution in [0.1, 0.15) is 155 Å². The molecule has 0 N–H and O–H groups in total. The number of hydroxylamine groups is 2. The van der Waals surface area contributed by atoms with Crippen molar-refractivity contribution in [1.82, 2.24) is 5.06 Å². The van der Waals surface area contributed by atoms with Gasteiger partial charge in [0, 0.05) is 13.1 Å². The first-order valence-corrected chi connectivity index (χ1v) is 14.5. The fourth-order valence-corrected chi connectivity index (χ4v) is 4.19. The van der Waals surface area contributed by atoms with Crippen molar-refractivity contribution < 1.29 is 0 Å².